The standard InChI is InChI=1S/C16H15BrN4O2/c1-3-22-12-5-4-9(17)6-10(12)14-11(7-18)15(19)23-16-13(14)8(2)20-21-16/h4-6,14H,3,19H2,1-2H3,(H,20,21)/t14-/m0/s1. The van der Waals surface area contributed by atoms with Gasteiger partial charge in [0, 0.05) is 21.3 Å². The van der Waals surface area contributed by atoms with Crippen LogP contribution in [0.25, 0.3) is 0 Å². The normalized spacial score (nSPS) is 16.5. The molecule has 0 saturated carbocycles. The SMILES string of the molecule is CCOc1ccc(Br)cc1[C@H]1C(C#N)=C(N)Oc2n[nH]c(C)c21. The molecule has 7 heteroatoms. The summed E-state index contributed by atoms with van der Waals surface area (Å²) in [5.74, 6) is 0.779. The third-order valence-electron chi connectivity index (χ3n) is 3.71. The van der Waals surface area contributed by atoms with E-state index in [1.165, 1.54) is 0 Å². The van der Waals surface area contributed by atoms with E-state index >= 15 is 0 Å². The maximum absolute atomic E-state index is 9.59. The molecule has 0 spiro atoms. The Kier molecular flexibility index (Phi) is 4.01. The fraction of sp³-hybridized carbons (Fsp3) is 0.250. The van der Waals surface area contributed by atoms with Crippen molar-refractivity contribution in [3.63, 3.8) is 0 Å². The molecule has 0 unspecified atom stereocenters. The van der Waals surface area contributed by atoms with Crippen molar-refractivity contribution >= 4 is 15.9 Å². The number of nitrogens with two attached hydrogens (primary N) is 1. The number of H-pyrrole nitrogens is 1. The summed E-state index contributed by atoms with van der Waals surface area (Å²) in [4.78, 5) is 0. The molecule has 2 heterocycles. The van der Waals surface area contributed by atoms with E-state index in [0.29, 0.717) is 23.8 Å². The minimum absolute atomic E-state index is 0.0684. The smallest absolute Gasteiger partial charge is 0.244 e. The molecule has 0 amide bonds. The Hall–Kier alpha value is -2.46. The monoisotopic (exact) mass is 374 g/mol. The fourth-order valence-electron chi connectivity index (χ4n) is 2.74. The number of benzene rings is 1. The van der Waals surface area contributed by atoms with Crippen molar-refractivity contribution in [2.45, 2.75) is 19.8 Å². The third-order valence-corrected chi connectivity index (χ3v) is 4.21. The van der Waals surface area contributed by atoms with E-state index < -0.39 is 0 Å². The number of aromatic amines is 1. The van der Waals surface area contributed by atoms with Gasteiger partial charge in [-0.25, -0.2) is 0 Å². The van der Waals surface area contributed by atoms with Gasteiger partial charge in [0.05, 0.1) is 12.5 Å². The van der Waals surface area contributed by atoms with Crippen molar-refractivity contribution in [2.75, 3.05) is 6.61 Å². The number of allylic oxidation sites excluding steroid dienone is 1. The van der Waals surface area contributed by atoms with Gasteiger partial charge in [0.1, 0.15) is 17.4 Å². The molecule has 1 aliphatic rings. The van der Waals surface area contributed by atoms with Crippen molar-refractivity contribution in [3.05, 3.63) is 50.9 Å². The van der Waals surface area contributed by atoms with Crippen LogP contribution in [0, 0.1) is 18.3 Å². The van der Waals surface area contributed by atoms with Gasteiger partial charge in [-0.2, -0.15) is 5.26 Å². The summed E-state index contributed by atoms with van der Waals surface area (Å²) in [6, 6.07) is 7.87. The van der Waals surface area contributed by atoms with Gasteiger partial charge >= 0.3 is 0 Å². The van der Waals surface area contributed by atoms with Crippen molar-refractivity contribution < 1.29 is 9.47 Å². The van der Waals surface area contributed by atoms with Crippen LogP contribution in [0.4, 0.5) is 0 Å². The van der Waals surface area contributed by atoms with E-state index in [0.717, 1.165) is 21.3 Å². The van der Waals surface area contributed by atoms with Crippen LogP contribution in [0.15, 0.2) is 34.1 Å². The minimum Gasteiger partial charge on any atom is -0.494 e. The summed E-state index contributed by atoms with van der Waals surface area (Å²) in [7, 11) is 0. The molecule has 23 heavy (non-hydrogen) atoms. The van der Waals surface area contributed by atoms with Gasteiger partial charge in [-0.15, -0.1) is 5.10 Å². The number of aryl methyl sites for hydroxylation is 1. The Morgan fingerprint density at radius 2 is 2.30 bits per heavy atom. The lowest BCUT2D eigenvalue weighted by Gasteiger charge is -2.25. The van der Waals surface area contributed by atoms with E-state index in [2.05, 4.69) is 32.2 Å². The molecule has 1 aromatic carbocycles. The van der Waals surface area contributed by atoms with Crippen molar-refractivity contribution in [3.8, 4) is 17.7 Å². The lowest BCUT2D eigenvalue weighted by Crippen LogP contribution is -2.21. The Morgan fingerprint density at radius 1 is 1.52 bits per heavy atom. The van der Waals surface area contributed by atoms with E-state index in [4.69, 9.17) is 15.2 Å². The van der Waals surface area contributed by atoms with Crippen LogP contribution < -0.4 is 15.2 Å². The second kappa shape index (κ2) is 5.97. The first-order valence-electron chi connectivity index (χ1n) is 7.11. The molecule has 0 saturated heterocycles. The zero-order chi connectivity index (χ0) is 16.6. The van der Waals surface area contributed by atoms with E-state index in [1.54, 1.807) is 0 Å². The molecule has 118 valence electrons. The molecule has 0 radical (unpaired) electrons. The maximum atomic E-state index is 9.59. The van der Waals surface area contributed by atoms with E-state index in [1.807, 2.05) is 32.0 Å². The van der Waals surface area contributed by atoms with Gasteiger partial charge in [0.25, 0.3) is 0 Å². The molecule has 1 aliphatic heterocycles. The van der Waals surface area contributed by atoms with Crippen LogP contribution in [0.2, 0.25) is 0 Å². The predicted molar refractivity (Wildman–Crippen MR) is 87.9 cm³/mol. The number of ether oxygens (including phenoxy) is 2. The molecular weight excluding hydrogens is 360 g/mol. The first kappa shape index (κ1) is 15.4. The number of nitrogens with one attached hydrogen (secondary N) is 1. The van der Waals surface area contributed by atoms with Crippen molar-refractivity contribution in [2.24, 2.45) is 5.73 Å². The van der Waals surface area contributed by atoms with E-state index in [-0.39, 0.29) is 11.8 Å². The van der Waals surface area contributed by atoms with Crippen LogP contribution in [-0.4, -0.2) is 16.8 Å². The topological polar surface area (TPSA) is 96.9 Å². The summed E-state index contributed by atoms with van der Waals surface area (Å²) >= 11 is 3.48. The Balaban J connectivity index is 2.27. The average molecular weight is 375 g/mol. The van der Waals surface area contributed by atoms with Crippen LogP contribution >= 0.6 is 15.9 Å². The molecule has 0 fully saturated rings. The largest absolute Gasteiger partial charge is 0.494 e. The molecule has 0 bridgehead atoms. The number of hydrogen-bond acceptors (Lipinski definition) is 5. The lowest BCUT2D eigenvalue weighted by molar-refractivity contribution is 0.334. The zero-order valence-corrected chi connectivity index (χ0v) is 14.3. The maximum Gasteiger partial charge on any atom is 0.244 e. The zero-order valence-electron chi connectivity index (χ0n) is 12.7. The highest BCUT2D eigenvalue weighted by Gasteiger charge is 2.35. The van der Waals surface area contributed by atoms with Crippen molar-refractivity contribution in [1.82, 2.24) is 10.2 Å². The number of nitriles is 1. The summed E-state index contributed by atoms with van der Waals surface area (Å²) in [6.45, 7) is 4.33. The number of nitrogens with zero attached hydrogens (tertiary/aromatic N) is 2. The van der Waals surface area contributed by atoms with Crippen LogP contribution in [0.5, 0.6) is 11.6 Å². The molecule has 1 aromatic heterocycles. The highest BCUT2D eigenvalue weighted by molar-refractivity contribution is 9.10. The quantitative estimate of drug-likeness (QED) is 0.859. The second-order valence-electron chi connectivity index (χ2n) is 5.11. The van der Waals surface area contributed by atoms with Gasteiger partial charge in [0.15, 0.2) is 0 Å². The highest BCUT2D eigenvalue weighted by atomic mass is 79.9. The highest BCUT2D eigenvalue weighted by Crippen LogP contribution is 2.45. The average Bonchev–Trinajstić information content (AvgIpc) is 2.89. The fourth-order valence-corrected chi connectivity index (χ4v) is 3.12. The summed E-state index contributed by atoms with van der Waals surface area (Å²) < 4.78 is 12.1. The predicted octanol–water partition coefficient (Wildman–Crippen LogP) is 3.10. The number of hydrogen-bond donors (Lipinski definition) is 2. The number of halogens is 1. The van der Waals surface area contributed by atoms with Crippen LogP contribution in [0.3, 0.4) is 0 Å². The molecule has 0 aliphatic carbocycles. The summed E-state index contributed by atoms with van der Waals surface area (Å²) in [5.41, 5.74) is 8.75. The minimum atomic E-state index is -0.387. The molecular formula is C16H15BrN4O2. The van der Waals surface area contributed by atoms with Crippen molar-refractivity contribution in [1.29, 1.82) is 5.26 Å². The summed E-state index contributed by atoms with van der Waals surface area (Å²) in [5, 5.41) is 16.6. The lowest BCUT2D eigenvalue weighted by atomic mass is 9.83. The molecule has 1 atom stereocenters. The molecule has 2 aromatic rings. The van der Waals surface area contributed by atoms with Gasteiger partial charge < -0.3 is 15.2 Å². The first-order chi connectivity index (χ1) is 11.1. The Bertz CT molecular complexity index is 835. The number of rotatable bonds is 3. The second-order valence-corrected chi connectivity index (χ2v) is 6.02. The van der Waals surface area contributed by atoms with Gasteiger partial charge in [0.2, 0.25) is 11.8 Å². The van der Waals surface area contributed by atoms with Gasteiger partial charge in [-0.3, -0.25) is 5.10 Å². The third kappa shape index (κ3) is 2.55. The Morgan fingerprint density at radius 3 is 3.00 bits per heavy atom. The van der Waals surface area contributed by atoms with E-state index in [9.17, 15) is 5.26 Å². The number of aromatic nitrogens is 2. The van der Waals surface area contributed by atoms with Crippen LogP contribution in [0.1, 0.15) is 29.7 Å². The Labute approximate surface area is 142 Å². The van der Waals surface area contributed by atoms with Gasteiger partial charge in [-0.05, 0) is 32.0 Å². The number of fused-ring (bicyclic) bond motifs is 1. The van der Waals surface area contributed by atoms with Gasteiger partial charge in [-0.1, -0.05) is 15.9 Å². The first-order valence-corrected chi connectivity index (χ1v) is 7.90. The molecule has 3 N–H and O–H groups in total. The molecule has 6 nitrogen and oxygen atoms in total. The molecule has 3 rings (SSSR count). The summed E-state index contributed by atoms with van der Waals surface area (Å²) in [6.07, 6.45) is 0. The van der Waals surface area contributed by atoms with Crippen LogP contribution in [-0.2, 0) is 0 Å².